The maximum atomic E-state index is 11.0. The molecule has 0 unspecified atom stereocenters. The van der Waals surface area contributed by atoms with Gasteiger partial charge in [0, 0.05) is 43.5 Å². The molecular formula is C21H31N3O3. The number of nitrogens with zero attached hydrogens (tertiary/aromatic N) is 2. The number of pyridine rings is 1. The molecule has 0 spiro atoms. The van der Waals surface area contributed by atoms with E-state index in [2.05, 4.69) is 21.3 Å². The fourth-order valence-electron chi connectivity index (χ4n) is 4.10. The number of nitrogens with one attached hydrogen (secondary N) is 1. The molecule has 0 aromatic carbocycles. The van der Waals surface area contributed by atoms with Gasteiger partial charge in [-0.15, -0.1) is 0 Å². The first-order valence-electron chi connectivity index (χ1n) is 10.3. The lowest BCUT2D eigenvalue weighted by atomic mass is 9.83. The molecule has 6 nitrogen and oxygen atoms in total. The average molecular weight is 373 g/mol. The number of fused-ring (bicyclic) bond motifs is 1. The average Bonchev–Trinajstić information content (AvgIpc) is 3.31. The van der Waals surface area contributed by atoms with Crippen LogP contribution in [-0.2, 0) is 16.0 Å². The van der Waals surface area contributed by atoms with Crippen molar-refractivity contribution in [1.82, 2.24) is 10.3 Å². The molecule has 3 aliphatic rings. The van der Waals surface area contributed by atoms with E-state index in [4.69, 9.17) is 9.47 Å². The van der Waals surface area contributed by atoms with Crippen LogP contribution in [0.4, 0.5) is 5.69 Å². The number of ether oxygens (including phenoxy) is 2. The second-order valence-corrected chi connectivity index (χ2v) is 8.46. The van der Waals surface area contributed by atoms with Crippen LogP contribution in [0.3, 0.4) is 0 Å². The Balaban J connectivity index is 1.20. The number of aromatic nitrogens is 1. The highest BCUT2D eigenvalue weighted by atomic mass is 16.5. The number of carbonyl (C=O) groups is 1. The Morgan fingerprint density at radius 3 is 2.93 bits per heavy atom. The lowest BCUT2D eigenvalue weighted by molar-refractivity contribution is -0.120. The van der Waals surface area contributed by atoms with Crippen molar-refractivity contribution in [3.05, 3.63) is 17.8 Å². The summed E-state index contributed by atoms with van der Waals surface area (Å²) in [5, 5.41) is 2.85. The van der Waals surface area contributed by atoms with Gasteiger partial charge >= 0.3 is 0 Å². The highest BCUT2D eigenvalue weighted by Crippen LogP contribution is 2.38. The summed E-state index contributed by atoms with van der Waals surface area (Å²) in [6.45, 7) is 7.08. The molecule has 1 aliphatic heterocycles. The number of anilines is 1. The van der Waals surface area contributed by atoms with Crippen molar-refractivity contribution in [1.29, 1.82) is 0 Å². The maximum absolute atomic E-state index is 11.0. The van der Waals surface area contributed by atoms with E-state index in [1.165, 1.54) is 37.6 Å². The molecule has 1 N–H and O–H groups in total. The fraction of sp³-hybridized carbons (Fsp3) is 0.714. The van der Waals surface area contributed by atoms with Crippen LogP contribution < -0.4 is 15.0 Å². The SMILES string of the molecule is CC(=O)N[C@@H](C)CO[C@H]1C[C@H](COc2nccc3c2CCN3CC2CC2)C1. The smallest absolute Gasteiger partial charge is 0.218 e. The first kappa shape index (κ1) is 18.5. The molecule has 1 atom stereocenters. The Bertz CT molecular complexity index is 671. The number of amides is 1. The van der Waals surface area contributed by atoms with E-state index >= 15 is 0 Å². The van der Waals surface area contributed by atoms with Gasteiger partial charge in [-0.1, -0.05) is 0 Å². The second kappa shape index (κ2) is 8.05. The first-order valence-corrected chi connectivity index (χ1v) is 10.3. The van der Waals surface area contributed by atoms with Crippen LogP contribution in [0.1, 0.15) is 45.1 Å². The summed E-state index contributed by atoms with van der Waals surface area (Å²) in [7, 11) is 0. The third-order valence-electron chi connectivity index (χ3n) is 5.82. The highest BCUT2D eigenvalue weighted by molar-refractivity contribution is 5.73. The van der Waals surface area contributed by atoms with E-state index in [1.807, 2.05) is 13.1 Å². The topological polar surface area (TPSA) is 63.7 Å². The predicted molar refractivity (Wildman–Crippen MR) is 104 cm³/mol. The summed E-state index contributed by atoms with van der Waals surface area (Å²) in [6, 6.07) is 2.20. The van der Waals surface area contributed by atoms with Crippen LogP contribution >= 0.6 is 0 Å². The van der Waals surface area contributed by atoms with Gasteiger partial charge in [-0.05, 0) is 56.9 Å². The summed E-state index contributed by atoms with van der Waals surface area (Å²) in [4.78, 5) is 18.0. The Morgan fingerprint density at radius 1 is 1.37 bits per heavy atom. The summed E-state index contributed by atoms with van der Waals surface area (Å²) in [5.74, 6) is 2.25. The van der Waals surface area contributed by atoms with E-state index in [-0.39, 0.29) is 11.9 Å². The number of carbonyl (C=O) groups excluding carboxylic acids is 1. The van der Waals surface area contributed by atoms with Gasteiger partial charge in [0.2, 0.25) is 11.8 Å². The summed E-state index contributed by atoms with van der Waals surface area (Å²) >= 11 is 0. The standard InChI is InChI=1S/C21H31N3O3/c1-14(23-15(2)25)12-26-18-9-17(10-18)13-27-21-19-6-8-24(11-16-3-4-16)20(19)5-7-22-21/h5,7,14,16-18H,3-4,6,8-13H2,1-2H3,(H,23,25)/t14-,17-,18-/m0/s1. The quantitative estimate of drug-likeness (QED) is 0.721. The zero-order valence-corrected chi connectivity index (χ0v) is 16.4. The molecule has 2 fully saturated rings. The van der Waals surface area contributed by atoms with Crippen molar-refractivity contribution < 1.29 is 14.3 Å². The largest absolute Gasteiger partial charge is 0.477 e. The molecule has 2 heterocycles. The van der Waals surface area contributed by atoms with E-state index < -0.39 is 0 Å². The van der Waals surface area contributed by atoms with Crippen LogP contribution in [0.15, 0.2) is 12.3 Å². The highest BCUT2D eigenvalue weighted by Gasteiger charge is 2.32. The van der Waals surface area contributed by atoms with Crippen molar-refractivity contribution in [3.63, 3.8) is 0 Å². The van der Waals surface area contributed by atoms with Gasteiger partial charge in [-0.3, -0.25) is 4.79 Å². The Kier molecular flexibility index (Phi) is 5.53. The molecule has 1 aromatic rings. The van der Waals surface area contributed by atoms with Gasteiger partial charge in [0.1, 0.15) is 0 Å². The summed E-state index contributed by atoms with van der Waals surface area (Å²) < 4.78 is 12.0. The molecule has 4 rings (SSSR count). The Hall–Kier alpha value is -1.82. The second-order valence-electron chi connectivity index (χ2n) is 8.46. The van der Waals surface area contributed by atoms with Crippen molar-refractivity contribution in [2.24, 2.45) is 11.8 Å². The third kappa shape index (κ3) is 4.72. The molecule has 0 radical (unpaired) electrons. The number of rotatable bonds is 9. The van der Waals surface area contributed by atoms with Crippen LogP contribution in [0.2, 0.25) is 0 Å². The van der Waals surface area contributed by atoms with Crippen molar-refractivity contribution in [3.8, 4) is 5.88 Å². The molecule has 0 bridgehead atoms. The van der Waals surface area contributed by atoms with Crippen LogP contribution in [-0.4, -0.2) is 49.3 Å². The van der Waals surface area contributed by atoms with Gasteiger partial charge in [-0.25, -0.2) is 4.98 Å². The molecule has 6 heteroatoms. The molecular weight excluding hydrogens is 342 g/mol. The molecule has 2 saturated carbocycles. The first-order chi connectivity index (χ1) is 13.1. The Morgan fingerprint density at radius 2 is 2.19 bits per heavy atom. The minimum atomic E-state index is -0.00965. The molecule has 0 saturated heterocycles. The van der Waals surface area contributed by atoms with Gasteiger partial charge in [0.15, 0.2) is 0 Å². The molecule has 1 amide bonds. The monoisotopic (exact) mass is 373 g/mol. The number of hydrogen-bond donors (Lipinski definition) is 1. The number of hydrogen-bond acceptors (Lipinski definition) is 5. The maximum Gasteiger partial charge on any atom is 0.218 e. The van der Waals surface area contributed by atoms with E-state index in [9.17, 15) is 4.79 Å². The third-order valence-corrected chi connectivity index (χ3v) is 5.82. The summed E-state index contributed by atoms with van der Waals surface area (Å²) in [6.07, 6.45) is 8.03. The summed E-state index contributed by atoms with van der Waals surface area (Å²) in [5.41, 5.74) is 2.61. The lowest BCUT2D eigenvalue weighted by Crippen LogP contribution is -2.40. The zero-order valence-electron chi connectivity index (χ0n) is 16.4. The molecule has 1 aromatic heterocycles. The molecule has 2 aliphatic carbocycles. The van der Waals surface area contributed by atoms with Crippen molar-refractivity contribution in [2.75, 3.05) is 31.2 Å². The van der Waals surface area contributed by atoms with Gasteiger partial charge < -0.3 is 19.7 Å². The van der Waals surface area contributed by atoms with Gasteiger partial charge in [-0.2, -0.15) is 0 Å². The van der Waals surface area contributed by atoms with E-state index in [0.29, 0.717) is 25.2 Å². The lowest BCUT2D eigenvalue weighted by Gasteiger charge is -2.35. The minimum absolute atomic E-state index is 0.00965. The minimum Gasteiger partial charge on any atom is -0.477 e. The van der Waals surface area contributed by atoms with Crippen LogP contribution in [0.25, 0.3) is 0 Å². The van der Waals surface area contributed by atoms with E-state index in [0.717, 1.165) is 37.6 Å². The van der Waals surface area contributed by atoms with Crippen LogP contribution in [0, 0.1) is 11.8 Å². The molecule has 148 valence electrons. The fourth-order valence-corrected chi connectivity index (χ4v) is 4.10. The van der Waals surface area contributed by atoms with E-state index in [1.54, 1.807) is 0 Å². The van der Waals surface area contributed by atoms with Gasteiger partial charge in [0.25, 0.3) is 0 Å². The van der Waals surface area contributed by atoms with Gasteiger partial charge in [0.05, 0.1) is 19.3 Å². The zero-order chi connectivity index (χ0) is 18.8. The van der Waals surface area contributed by atoms with Crippen molar-refractivity contribution >= 4 is 11.6 Å². The Labute approximate surface area is 161 Å². The predicted octanol–water partition coefficient (Wildman–Crippen LogP) is 2.55. The normalized spacial score (nSPS) is 24.9. The molecule has 27 heavy (non-hydrogen) atoms. The van der Waals surface area contributed by atoms with Crippen LogP contribution in [0.5, 0.6) is 5.88 Å². The van der Waals surface area contributed by atoms with Crippen molar-refractivity contribution in [2.45, 2.75) is 58.1 Å².